The van der Waals surface area contributed by atoms with E-state index in [-0.39, 0.29) is 29.4 Å². The van der Waals surface area contributed by atoms with Crippen molar-refractivity contribution in [3.8, 4) is 0 Å². The summed E-state index contributed by atoms with van der Waals surface area (Å²) in [6.45, 7) is 5.07. The lowest BCUT2D eigenvalue weighted by Crippen LogP contribution is -2.38. The summed E-state index contributed by atoms with van der Waals surface area (Å²) < 4.78 is 5.45. The third-order valence-corrected chi connectivity index (χ3v) is 6.71. The van der Waals surface area contributed by atoms with E-state index in [0.29, 0.717) is 37.4 Å². The summed E-state index contributed by atoms with van der Waals surface area (Å²) in [6, 6.07) is 3.41. The molecular formula is C19H22N6O3S. The van der Waals surface area contributed by atoms with Gasteiger partial charge in [-0.2, -0.15) is 0 Å². The number of rotatable bonds is 4. The Bertz CT molecular complexity index is 1120. The zero-order valence-corrected chi connectivity index (χ0v) is 16.9. The second-order valence-corrected chi connectivity index (χ2v) is 8.86. The molecule has 2 aliphatic rings. The van der Waals surface area contributed by atoms with Gasteiger partial charge in [0.05, 0.1) is 24.1 Å². The van der Waals surface area contributed by atoms with E-state index in [1.54, 1.807) is 17.6 Å². The number of nitrogens with zero attached hydrogens (tertiary/aromatic N) is 5. The van der Waals surface area contributed by atoms with Crippen LogP contribution in [0.3, 0.4) is 0 Å². The number of aliphatic hydroxyl groups excluding tert-OH is 1. The number of aromatic nitrogens is 4. The van der Waals surface area contributed by atoms with Crippen molar-refractivity contribution < 1.29 is 9.90 Å². The quantitative estimate of drug-likeness (QED) is 0.638. The van der Waals surface area contributed by atoms with Crippen LogP contribution in [0.2, 0.25) is 0 Å². The van der Waals surface area contributed by atoms with Crippen molar-refractivity contribution in [3.63, 3.8) is 0 Å². The van der Waals surface area contributed by atoms with Crippen LogP contribution in [0, 0.1) is 18.3 Å². The molecule has 0 aliphatic carbocycles. The summed E-state index contributed by atoms with van der Waals surface area (Å²) in [7, 11) is 0. The second-order valence-electron chi connectivity index (χ2n) is 8.20. The van der Waals surface area contributed by atoms with Gasteiger partial charge >= 0.3 is 0 Å². The number of amides is 1. The number of hydrogen-bond acceptors (Lipinski definition) is 7. The average molecular weight is 414 g/mol. The van der Waals surface area contributed by atoms with Gasteiger partial charge in [0.15, 0.2) is 5.65 Å². The number of likely N-dealkylation sites (tertiary alicyclic amines) is 2. The van der Waals surface area contributed by atoms with Gasteiger partial charge < -0.3 is 10.0 Å². The predicted octanol–water partition coefficient (Wildman–Crippen LogP) is 0.354. The Kier molecular flexibility index (Phi) is 4.30. The number of carbonyl (C=O) groups is 1. The Hall–Kier alpha value is -2.56. The summed E-state index contributed by atoms with van der Waals surface area (Å²) in [5, 5.41) is 14.9. The number of fused-ring (bicyclic) bond motifs is 2. The van der Waals surface area contributed by atoms with Crippen LogP contribution in [0.4, 0.5) is 0 Å². The molecule has 0 saturated carbocycles. The molecule has 2 aliphatic heterocycles. The lowest BCUT2D eigenvalue weighted by molar-refractivity contribution is 0.0718. The van der Waals surface area contributed by atoms with Crippen LogP contribution in [0.5, 0.6) is 0 Å². The van der Waals surface area contributed by atoms with Crippen LogP contribution in [-0.2, 0) is 6.54 Å². The molecule has 2 saturated heterocycles. The van der Waals surface area contributed by atoms with E-state index in [2.05, 4.69) is 19.4 Å². The minimum absolute atomic E-state index is 0.0181. The van der Waals surface area contributed by atoms with Gasteiger partial charge in [-0.05, 0) is 24.4 Å². The zero-order chi connectivity index (χ0) is 20.2. The second kappa shape index (κ2) is 6.75. The van der Waals surface area contributed by atoms with Crippen LogP contribution in [-0.4, -0.2) is 72.6 Å². The number of aryl methyl sites for hydroxylation is 1. The molecule has 10 heteroatoms. The van der Waals surface area contributed by atoms with E-state index in [9.17, 15) is 14.7 Å². The largest absolute Gasteiger partial charge is 0.396 e. The third-order valence-electron chi connectivity index (χ3n) is 6.13. The molecular weight excluding hydrogens is 392 g/mol. The number of hydrogen-bond donors (Lipinski definition) is 2. The Labute approximate surface area is 170 Å². The topological polar surface area (TPSA) is 107 Å². The predicted molar refractivity (Wildman–Crippen MR) is 107 cm³/mol. The van der Waals surface area contributed by atoms with Gasteiger partial charge in [-0.15, -0.1) is 0 Å². The van der Waals surface area contributed by atoms with Gasteiger partial charge in [0.25, 0.3) is 11.5 Å². The maximum Gasteiger partial charge on any atom is 0.272 e. The van der Waals surface area contributed by atoms with Crippen molar-refractivity contribution in [1.29, 1.82) is 0 Å². The monoisotopic (exact) mass is 414 g/mol. The van der Waals surface area contributed by atoms with Gasteiger partial charge in [-0.1, -0.05) is 0 Å². The van der Waals surface area contributed by atoms with Crippen molar-refractivity contribution in [2.75, 3.05) is 32.8 Å². The molecule has 5 heterocycles. The number of aliphatic hydroxyl groups is 1. The summed E-state index contributed by atoms with van der Waals surface area (Å²) in [4.78, 5) is 33.7. The fourth-order valence-electron chi connectivity index (χ4n) is 4.75. The van der Waals surface area contributed by atoms with Crippen LogP contribution in [0.15, 0.2) is 28.5 Å². The molecule has 9 nitrogen and oxygen atoms in total. The van der Waals surface area contributed by atoms with E-state index >= 15 is 0 Å². The molecule has 0 bridgehead atoms. The highest BCUT2D eigenvalue weighted by molar-refractivity contribution is 7.03. The molecule has 1 amide bonds. The van der Waals surface area contributed by atoms with Crippen LogP contribution in [0.1, 0.15) is 21.7 Å². The van der Waals surface area contributed by atoms with Gasteiger partial charge in [-0.3, -0.25) is 19.6 Å². The molecule has 2 atom stereocenters. The highest BCUT2D eigenvalue weighted by Crippen LogP contribution is 2.43. The first-order valence-electron chi connectivity index (χ1n) is 9.58. The first kappa shape index (κ1) is 18.5. The molecule has 3 aromatic heterocycles. The summed E-state index contributed by atoms with van der Waals surface area (Å²) in [6.07, 6.45) is 1.60. The number of nitrogens with one attached hydrogen (secondary N) is 1. The smallest absolute Gasteiger partial charge is 0.272 e. The standard InChI is InChI=1S/C19H22N6O3S/c1-12-2-16-21-15(3-17(27)25(16)22-12)7-23-5-14-6-24(10-19(14,9-23)11-26)18(28)13-4-20-29-8-13/h2-4,8,14,22,26H,5-7,9-11H2,1H3. The number of H-pyrrole nitrogens is 1. The van der Waals surface area contributed by atoms with E-state index < -0.39 is 0 Å². The van der Waals surface area contributed by atoms with Crippen LogP contribution >= 0.6 is 11.5 Å². The molecule has 2 N–H and O–H groups in total. The van der Waals surface area contributed by atoms with Crippen molar-refractivity contribution in [3.05, 3.63) is 51.0 Å². The first-order chi connectivity index (χ1) is 14.0. The molecule has 0 aromatic carbocycles. The van der Waals surface area contributed by atoms with Crippen molar-refractivity contribution in [2.45, 2.75) is 13.5 Å². The molecule has 0 spiro atoms. The van der Waals surface area contributed by atoms with E-state index in [1.165, 1.54) is 16.0 Å². The maximum absolute atomic E-state index is 12.7. The molecule has 5 rings (SSSR count). The van der Waals surface area contributed by atoms with Crippen molar-refractivity contribution >= 4 is 23.1 Å². The highest BCUT2D eigenvalue weighted by Gasteiger charge is 2.53. The van der Waals surface area contributed by atoms with Gasteiger partial charge in [0, 0.05) is 61.3 Å². The Morgan fingerprint density at radius 3 is 2.97 bits per heavy atom. The highest BCUT2D eigenvalue weighted by atomic mass is 32.1. The summed E-state index contributed by atoms with van der Waals surface area (Å²) >= 11 is 1.27. The SMILES string of the molecule is Cc1cc2nc(CN3CC4CN(C(=O)c5cnsc5)CC4(CO)C3)cc(=O)n2[nH]1. The lowest BCUT2D eigenvalue weighted by atomic mass is 9.82. The molecule has 29 heavy (non-hydrogen) atoms. The van der Waals surface area contributed by atoms with Crippen LogP contribution < -0.4 is 5.56 Å². The number of aromatic amines is 1. The van der Waals surface area contributed by atoms with E-state index in [4.69, 9.17) is 0 Å². The number of carbonyl (C=O) groups excluding carboxylic acids is 1. The van der Waals surface area contributed by atoms with Crippen LogP contribution in [0.25, 0.3) is 5.65 Å². The maximum atomic E-state index is 12.7. The minimum atomic E-state index is -0.330. The van der Waals surface area contributed by atoms with E-state index in [1.807, 2.05) is 17.9 Å². The summed E-state index contributed by atoms with van der Waals surface area (Å²) in [5.74, 6) is 0.179. The average Bonchev–Trinajstić information content (AvgIpc) is 3.43. The zero-order valence-electron chi connectivity index (χ0n) is 16.0. The molecule has 2 fully saturated rings. The van der Waals surface area contributed by atoms with Gasteiger partial charge in [0.2, 0.25) is 0 Å². The lowest BCUT2D eigenvalue weighted by Gasteiger charge is -2.27. The first-order valence-corrected chi connectivity index (χ1v) is 10.4. The normalized spacial score (nSPS) is 24.5. The Morgan fingerprint density at radius 2 is 2.24 bits per heavy atom. The van der Waals surface area contributed by atoms with Crippen molar-refractivity contribution in [1.82, 2.24) is 28.8 Å². The van der Waals surface area contributed by atoms with Gasteiger partial charge in [-0.25, -0.2) is 13.9 Å². The molecule has 2 unspecified atom stereocenters. The fraction of sp³-hybridized carbons (Fsp3) is 0.474. The summed E-state index contributed by atoms with van der Waals surface area (Å²) in [5.41, 5.74) is 2.37. The molecule has 152 valence electrons. The minimum Gasteiger partial charge on any atom is -0.396 e. The Balaban J connectivity index is 1.32. The van der Waals surface area contributed by atoms with Crippen molar-refractivity contribution in [2.24, 2.45) is 11.3 Å². The molecule has 3 aromatic rings. The Morgan fingerprint density at radius 1 is 1.38 bits per heavy atom. The fourth-order valence-corrected chi connectivity index (χ4v) is 5.26. The molecule has 0 radical (unpaired) electrons. The third kappa shape index (κ3) is 3.07. The van der Waals surface area contributed by atoms with E-state index in [0.717, 1.165) is 17.9 Å². The van der Waals surface area contributed by atoms with Gasteiger partial charge in [0.1, 0.15) is 0 Å².